The van der Waals surface area contributed by atoms with Crippen molar-refractivity contribution >= 4 is 11.8 Å². The second-order valence-electron chi connectivity index (χ2n) is 5.98. The molecular formula is C20H18F4N2O4. The third kappa shape index (κ3) is 7.46. The molecule has 0 fully saturated rings. The number of ether oxygens (including phenoxy) is 2. The van der Waals surface area contributed by atoms with Crippen LogP contribution in [0.1, 0.15) is 6.42 Å². The van der Waals surface area contributed by atoms with Crippen LogP contribution in [0.3, 0.4) is 0 Å². The SMILES string of the molecule is C=C(CCNC(=O)COc1ccc(F)c(F)c1)NC(=O)COc1ccc(F)c(F)c1. The first-order valence-corrected chi connectivity index (χ1v) is 8.64. The monoisotopic (exact) mass is 426 g/mol. The fourth-order valence-electron chi connectivity index (χ4n) is 2.13. The van der Waals surface area contributed by atoms with Crippen molar-refractivity contribution in [1.82, 2.24) is 10.6 Å². The van der Waals surface area contributed by atoms with E-state index in [1.54, 1.807) is 0 Å². The molecular weight excluding hydrogens is 408 g/mol. The zero-order chi connectivity index (χ0) is 22.1. The summed E-state index contributed by atoms with van der Waals surface area (Å²) in [7, 11) is 0. The molecule has 0 spiro atoms. The summed E-state index contributed by atoms with van der Waals surface area (Å²) in [5.41, 5.74) is 0.288. The summed E-state index contributed by atoms with van der Waals surface area (Å²) in [6.07, 6.45) is 0.202. The van der Waals surface area contributed by atoms with Crippen LogP contribution >= 0.6 is 0 Å². The van der Waals surface area contributed by atoms with Gasteiger partial charge >= 0.3 is 0 Å². The summed E-state index contributed by atoms with van der Waals surface area (Å²) in [6.45, 7) is 2.90. The van der Waals surface area contributed by atoms with Gasteiger partial charge in [0.1, 0.15) is 11.5 Å². The normalized spacial score (nSPS) is 10.3. The van der Waals surface area contributed by atoms with Gasteiger partial charge in [-0.15, -0.1) is 0 Å². The van der Waals surface area contributed by atoms with Gasteiger partial charge in [-0.1, -0.05) is 6.58 Å². The number of carbonyl (C=O) groups excluding carboxylic acids is 2. The standard InChI is InChI=1S/C20H18F4N2O4/c1-12(26-20(28)11-30-14-3-5-16(22)18(24)9-14)6-7-25-19(27)10-29-13-2-4-15(21)17(23)8-13/h2-5,8-9H,1,6-7,10-11H2,(H,25,27)(H,26,28). The minimum absolute atomic E-state index is 0.00163. The van der Waals surface area contributed by atoms with E-state index in [4.69, 9.17) is 9.47 Å². The Morgan fingerprint density at radius 1 is 0.800 bits per heavy atom. The molecule has 0 aliphatic carbocycles. The Labute approximate surface area is 169 Å². The van der Waals surface area contributed by atoms with E-state index in [9.17, 15) is 27.2 Å². The number of rotatable bonds is 10. The zero-order valence-corrected chi connectivity index (χ0v) is 15.6. The van der Waals surface area contributed by atoms with Crippen LogP contribution in [0.25, 0.3) is 0 Å². The van der Waals surface area contributed by atoms with Crippen LogP contribution in [0.15, 0.2) is 48.7 Å². The van der Waals surface area contributed by atoms with Gasteiger partial charge in [0.25, 0.3) is 11.8 Å². The summed E-state index contributed by atoms with van der Waals surface area (Å²) < 4.78 is 61.8. The molecule has 10 heteroatoms. The molecule has 2 amide bonds. The molecule has 0 aliphatic heterocycles. The first-order valence-electron chi connectivity index (χ1n) is 8.64. The zero-order valence-electron chi connectivity index (χ0n) is 15.6. The highest BCUT2D eigenvalue weighted by Gasteiger charge is 2.09. The van der Waals surface area contributed by atoms with Crippen molar-refractivity contribution in [3.05, 3.63) is 71.9 Å². The average Bonchev–Trinajstić information content (AvgIpc) is 2.69. The summed E-state index contributed by atoms with van der Waals surface area (Å²) in [4.78, 5) is 23.4. The molecule has 0 heterocycles. The first kappa shape index (κ1) is 22.7. The Morgan fingerprint density at radius 2 is 1.30 bits per heavy atom. The predicted molar refractivity (Wildman–Crippen MR) is 98.6 cm³/mol. The van der Waals surface area contributed by atoms with E-state index in [1.807, 2.05) is 0 Å². The molecule has 6 nitrogen and oxygen atoms in total. The summed E-state index contributed by atoms with van der Waals surface area (Å²) in [5, 5.41) is 4.93. The summed E-state index contributed by atoms with van der Waals surface area (Å²) in [5.74, 6) is -5.34. The summed E-state index contributed by atoms with van der Waals surface area (Å²) in [6, 6.07) is 5.76. The number of hydrogen-bond acceptors (Lipinski definition) is 4. The number of carbonyl (C=O) groups is 2. The van der Waals surface area contributed by atoms with Crippen molar-refractivity contribution in [2.24, 2.45) is 0 Å². The van der Waals surface area contributed by atoms with Gasteiger partial charge in [-0.25, -0.2) is 17.6 Å². The Morgan fingerprint density at radius 3 is 1.80 bits per heavy atom. The van der Waals surface area contributed by atoms with Gasteiger partial charge in [0.2, 0.25) is 0 Å². The van der Waals surface area contributed by atoms with Gasteiger partial charge in [0.05, 0.1) is 0 Å². The van der Waals surface area contributed by atoms with Gasteiger partial charge in [-0.3, -0.25) is 9.59 Å². The molecule has 0 atom stereocenters. The minimum Gasteiger partial charge on any atom is -0.484 e. The van der Waals surface area contributed by atoms with Gasteiger partial charge in [-0.05, 0) is 24.3 Å². The lowest BCUT2D eigenvalue weighted by molar-refractivity contribution is -0.123. The fraction of sp³-hybridized carbons (Fsp3) is 0.200. The Hall–Kier alpha value is -3.56. The van der Waals surface area contributed by atoms with Crippen LogP contribution in [0.2, 0.25) is 0 Å². The van der Waals surface area contributed by atoms with Crippen LogP contribution in [0, 0.1) is 23.3 Å². The molecule has 0 saturated carbocycles. The quantitative estimate of drug-likeness (QED) is 0.573. The second kappa shape index (κ2) is 10.8. The molecule has 30 heavy (non-hydrogen) atoms. The Balaban J connectivity index is 1.62. The molecule has 2 rings (SSSR count). The van der Waals surface area contributed by atoms with Crippen molar-refractivity contribution in [2.75, 3.05) is 19.8 Å². The molecule has 0 aromatic heterocycles. The lowest BCUT2D eigenvalue weighted by Gasteiger charge is -2.11. The average molecular weight is 426 g/mol. The smallest absolute Gasteiger partial charge is 0.262 e. The molecule has 0 radical (unpaired) electrons. The highest BCUT2D eigenvalue weighted by atomic mass is 19.2. The van der Waals surface area contributed by atoms with E-state index in [0.29, 0.717) is 0 Å². The van der Waals surface area contributed by atoms with Crippen molar-refractivity contribution in [1.29, 1.82) is 0 Å². The van der Waals surface area contributed by atoms with Gasteiger partial charge in [-0.2, -0.15) is 0 Å². The van der Waals surface area contributed by atoms with E-state index in [1.165, 1.54) is 12.1 Å². The van der Waals surface area contributed by atoms with E-state index in [2.05, 4.69) is 17.2 Å². The van der Waals surface area contributed by atoms with Crippen LogP contribution in [-0.4, -0.2) is 31.6 Å². The van der Waals surface area contributed by atoms with Gasteiger partial charge < -0.3 is 20.1 Å². The predicted octanol–water partition coefficient (Wildman–Crippen LogP) is 2.84. The highest BCUT2D eigenvalue weighted by Crippen LogP contribution is 2.16. The van der Waals surface area contributed by atoms with Gasteiger partial charge in [0, 0.05) is 30.8 Å². The number of amides is 2. The third-order valence-electron chi connectivity index (χ3n) is 3.59. The van der Waals surface area contributed by atoms with Gasteiger partial charge in [0.15, 0.2) is 36.5 Å². The largest absolute Gasteiger partial charge is 0.484 e. The maximum atomic E-state index is 13.1. The van der Waals surface area contributed by atoms with Crippen LogP contribution in [0.5, 0.6) is 11.5 Å². The van der Waals surface area contributed by atoms with E-state index >= 15 is 0 Å². The molecule has 2 N–H and O–H groups in total. The topological polar surface area (TPSA) is 76.7 Å². The van der Waals surface area contributed by atoms with Crippen molar-refractivity contribution in [3.63, 3.8) is 0 Å². The van der Waals surface area contributed by atoms with Crippen LogP contribution < -0.4 is 20.1 Å². The summed E-state index contributed by atoms with van der Waals surface area (Å²) >= 11 is 0. The van der Waals surface area contributed by atoms with Crippen LogP contribution in [-0.2, 0) is 9.59 Å². The number of halogens is 4. The van der Waals surface area contributed by atoms with E-state index in [-0.39, 0.29) is 30.2 Å². The number of nitrogens with one attached hydrogen (secondary N) is 2. The second-order valence-corrected chi connectivity index (χ2v) is 5.98. The lowest BCUT2D eigenvalue weighted by Crippen LogP contribution is -2.32. The molecule has 0 unspecified atom stereocenters. The fourth-order valence-corrected chi connectivity index (χ4v) is 2.13. The highest BCUT2D eigenvalue weighted by molar-refractivity contribution is 5.79. The van der Waals surface area contributed by atoms with E-state index < -0.39 is 48.3 Å². The number of benzene rings is 2. The molecule has 0 bridgehead atoms. The van der Waals surface area contributed by atoms with Crippen LogP contribution in [0.4, 0.5) is 17.6 Å². The van der Waals surface area contributed by atoms with Crippen molar-refractivity contribution in [3.8, 4) is 11.5 Å². The molecule has 0 saturated heterocycles. The van der Waals surface area contributed by atoms with Crippen molar-refractivity contribution in [2.45, 2.75) is 6.42 Å². The molecule has 160 valence electrons. The third-order valence-corrected chi connectivity index (χ3v) is 3.59. The first-order chi connectivity index (χ1) is 14.2. The Bertz CT molecular complexity index is 937. The Kier molecular flexibility index (Phi) is 8.21. The molecule has 2 aromatic carbocycles. The molecule has 0 aliphatic rings. The van der Waals surface area contributed by atoms with E-state index in [0.717, 1.165) is 24.3 Å². The molecule has 2 aromatic rings. The lowest BCUT2D eigenvalue weighted by atomic mass is 10.3. The maximum absolute atomic E-state index is 13.1. The maximum Gasteiger partial charge on any atom is 0.262 e. The minimum atomic E-state index is -1.10. The van der Waals surface area contributed by atoms with Crippen molar-refractivity contribution < 1.29 is 36.6 Å². The number of hydrogen-bond donors (Lipinski definition) is 2.